The summed E-state index contributed by atoms with van der Waals surface area (Å²) in [7, 11) is 1.72. The highest BCUT2D eigenvalue weighted by molar-refractivity contribution is 6.31. The van der Waals surface area contributed by atoms with Gasteiger partial charge in [0.05, 0.1) is 18.7 Å². The Bertz CT molecular complexity index is 881. The van der Waals surface area contributed by atoms with Crippen LogP contribution in [-0.4, -0.2) is 17.1 Å². The van der Waals surface area contributed by atoms with Crippen LogP contribution in [0.5, 0.6) is 5.75 Å². The zero-order chi connectivity index (χ0) is 15.8. The molecule has 1 aliphatic rings. The number of hydrogen-bond acceptors (Lipinski definition) is 4. The van der Waals surface area contributed by atoms with E-state index in [1.54, 1.807) is 13.4 Å². The lowest BCUT2D eigenvalue weighted by molar-refractivity contribution is 0.410. The van der Waals surface area contributed by atoms with Crippen LogP contribution in [0.4, 0.5) is 5.82 Å². The summed E-state index contributed by atoms with van der Waals surface area (Å²) >= 11 is 6.05. The lowest BCUT2D eigenvalue weighted by Gasteiger charge is -2.16. The predicted molar refractivity (Wildman–Crippen MR) is 92.2 cm³/mol. The van der Waals surface area contributed by atoms with Gasteiger partial charge in [-0.15, -0.1) is 0 Å². The highest BCUT2D eigenvalue weighted by Gasteiger charge is 2.25. The van der Waals surface area contributed by atoms with E-state index in [-0.39, 0.29) is 6.04 Å². The molecule has 5 heteroatoms. The molecule has 0 saturated carbocycles. The van der Waals surface area contributed by atoms with Crippen LogP contribution in [0.1, 0.15) is 23.6 Å². The van der Waals surface area contributed by atoms with E-state index in [9.17, 15) is 0 Å². The molecule has 0 saturated heterocycles. The summed E-state index contributed by atoms with van der Waals surface area (Å²) in [4.78, 5) is 8.71. The molecule has 1 aliphatic carbocycles. The normalized spacial score (nSPS) is 16.3. The summed E-state index contributed by atoms with van der Waals surface area (Å²) in [6.07, 6.45) is 3.60. The molecule has 3 aromatic rings. The van der Waals surface area contributed by atoms with E-state index in [1.165, 1.54) is 11.1 Å². The van der Waals surface area contributed by atoms with Crippen LogP contribution in [0, 0.1) is 0 Å². The van der Waals surface area contributed by atoms with Gasteiger partial charge in [0, 0.05) is 10.4 Å². The third kappa shape index (κ3) is 2.49. The smallest absolute Gasteiger partial charge is 0.137 e. The van der Waals surface area contributed by atoms with Crippen molar-refractivity contribution in [1.29, 1.82) is 0 Å². The Morgan fingerprint density at radius 2 is 2.13 bits per heavy atom. The molecule has 4 rings (SSSR count). The monoisotopic (exact) mass is 325 g/mol. The highest BCUT2D eigenvalue weighted by atomic mass is 35.5. The first-order valence-electron chi connectivity index (χ1n) is 7.59. The van der Waals surface area contributed by atoms with Gasteiger partial charge >= 0.3 is 0 Å². The van der Waals surface area contributed by atoms with Gasteiger partial charge in [0.25, 0.3) is 0 Å². The number of benzene rings is 2. The minimum absolute atomic E-state index is 0.230. The number of fused-ring (bicyclic) bond motifs is 2. The van der Waals surface area contributed by atoms with Crippen molar-refractivity contribution in [2.45, 2.75) is 18.9 Å². The largest absolute Gasteiger partial charge is 0.496 e. The van der Waals surface area contributed by atoms with Crippen LogP contribution in [0.3, 0.4) is 0 Å². The van der Waals surface area contributed by atoms with Crippen LogP contribution in [0.25, 0.3) is 10.9 Å². The summed E-state index contributed by atoms with van der Waals surface area (Å²) in [5.41, 5.74) is 3.41. The van der Waals surface area contributed by atoms with Gasteiger partial charge < -0.3 is 10.1 Å². The first kappa shape index (κ1) is 14.3. The molecule has 0 aliphatic heterocycles. The summed E-state index contributed by atoms with van der Waals surface area (Å²) < 4.78 is 5.47. The van der Waals surface area contributed by atoms with Crippen molar-refractivity contribution in [3.05, 3.63) is 58.9 Å². The lowest BCUT2D eigenvalue weighted by atomic mass is 10.1. The minimum Gasteiger partial charge on any atom is -0.496 e. The molecular formula is C18H16ClN3O. The van der Waals surface area contributed by atoms with Gasteiger partial charge in [-0.3, -0.25) is 0 Å². The lowest BCUT2D eigenvalue weighted by Crippen LogP contribution is -2.09. The molecule has 0 bridgehead atoms. The van der Waals surface area contributed by atoms with Crippen molar-refractivity contribution in [3.63, 3.8) is 0 Å². The maximum Gasteiger partial charge on any atom is 0.137 e. The Hall–Kier alpha value is -2.33. The molecular weight excluding hydrogens is 310 g/mol. The fraction of sp³-hybridized carbons (Fsp3) is 0.222. The third-order valence-electron chi connectivity index (χ3n) is 4.36. The molecule has 1 N–H and O–H groups in total. The number of ether oxygens (including phenoxy) is 1. The average Bonchev–Trinajstić information content (AvgIpc) is 2.98. The number of anilines is 1. The number of methoxy groups -OCH3 is 1. The average molecular weight is 326 g/mol. The van der Waals surface area contributed by atoms with E-state index in [0.29, 0.717) is 5.02 Å². The molecule has 0 amide bonds. The number of aromatic nitrogens is 2. The van der Waals surface area contributed by atoms with Gasteiger partial charge in [-0.25, -0.2) is 9.97 Å². The van der Waals surface area contributed by atoms with Crippen molar-refractivity contribution < 1.29 is 4.74 Å². The van der Waals surface area contributed by atoms with E-state index < -0.39 is 0 Å². The van der Waals surface area contributed by atoms with E-state index in [0.717, 1.165) is 35.3 Å². The predicted octanol–water partition coefficient (Wildman–Crippen LogP) is 4.39. The molecule has 1 unspecified atom stereocenters. The highest BCUT2D eigenvalue weighted by Crippen LogP contribution is 2.39. The summed E-state index contributed by atoms with van der Waals surface area (Å²) in [5, 5.41) is 5.22. The van der Waals surface area contributed by atoms with E-state index in [1.807, 2.05) is 30.3 Å². The molecule has 0 fully saturated rings. The van der Waals surface area contributed by atoms with Gasteiger partial charge in [0.15, 0.2) is 0 Å². The molecule has 116 valence electrons. The maximum atomic E-state index is 6.05. The molecule has 0 spiro atoms. The molecule has 1 heterocycles. The minimum atomic E-state index is 0.230. The first-order chi connectivity index (χ1) is 11.3. The second-order valence-corrected chi connectivity index (χ2v) is 6.08. The van der Waals surface area contributed by atoms with Crippen molar-refractivity contribution in [2.75, 3.05) is 12.4 Å². The Morgan fingerprint density at radius 1 is 1.22 bits per heavy atom. The van der Waals surface area contributed by atoms with E-state index in [4.69, 9.17) is 16.3 Å². The zero-order valence-corrected chi connectivity index (χ0v) is 13.5. The second kappa shape index (κ2) is 5.70. The molecule has 1 atom stereocenters. The van der Waals surface area contributed by atoms with Gasteiger partial charge in [0.2, 0.25) is 0 Å². The fourth-order valence-corrected chi connectivity index (χ4v) is 3.44. The summed E-state index contributed by atoms with van der Waals surface area (Å²) in [6.45, 7) is 0. The molecule has 1 aromatic heterocycles. The molecule has 2 aromatic carbocycles. The molecule has 0 radical (unpaired) electrons. The fourth-order valence-electron chi connectivity index (χ4n) is 3.27. The van der Waals surface area contributed by atoms with Crippen molar-refractivity contribution in [3.8, 4) is 5.75 Å². The van der Waals surface area contributed by atoms with Crippen LogP contribution in [0.2, 0.25) is 5.02 Å². The number of nitrogens with zero attached hydrogens (tertiary/aromatic N) is 2. The van der Waals surface area contributed by atoms with Crippen molar-refractivity contribution >= 4 is 28.3 Å². The Labute approximate surface area is 139 Å². The van der Waals surface area contributed by atoms with Gasteiger partial charge in [-0.1, -0.05) is 23.7 Å². The van der Waals surface area contributed by atoms with Crippen LogP contribution < -0.4 is 10.1 Å². The summed E-state index contributed by atoms with van der Waals surface area (Å²) in [5.74, 6) is 1.80. The number of rotatable bonds is 3. The number of halogens is 1. The second-order valence-electron chi connectivity index (χ2n) is 5.65. The topological polar surface area (TPSA) is 47.0 Å². The molecule has 23 heavy (non-hydrogen) atoms. The maximum absolute atomic E-state index is 6.05. The zero-order valence-electron chi connectivity index (χ0n) is 12.7. The van der Waals surface area contributed by atoms with Crippen LogP contribution in [-0.2, 0) is 6.42 Å². The quantitative estimate of drug-likeness (QED) is 0.775. The summed E-state index contributed by atoms with van der Waals surface area (Å²) in [6, 6.07) is 12.1. The van der Waals surface area contributed by atoms with Gasteiger partial charge in [0.1, 0.15) is 17.9 Å². The SMILES string of the molecule is COc1cccc2c1CCC2Nc1ncnc2cc(Cl)ccc12. The van der Waals surface area contributed by atoms with E-state index in [2.05, 4.69) is 21.4 Å². The van der Waals surface area contributed by atoms with Crippen LogP contribution >= 0.6 is 11.6 Å². The standard InChI is InChI=1S/C18H16ClN3O/c1-23-17-4-2-3-12-13(17)7-8-15(12)22-18-14-6-5-11(19)9-16(14)20-10-21-18/h2-6,9-10,15H,7-8H2,1H3,(H,20,21,22). The van der Waals surface area contributed by atoms with Crippen molar-refractivity contribution in [2.24, 2.45) is 0 Å². The van der Waals surface area contributed by atoms with Crippen LogP contribution in [0.15, 0.2) is 42.7 Å². The third-order valence-corrected chi connectivity index (χ3v) is 4.59. The van der Waals surface area contributed by atoms with Gasteiger partial charge in [-0.05, 0) is 48.2 Å². The van der Waals surface area contributed by atoms with E-state index >= 15 is 0 Å². The number of hydrogen-bond donors (Lipinski definition) is 1. The Kier molecular flexibility index (Phi) is 3.54. The number of nitrogens with one attached hydrogen (secondary N) is 1. The Balaban J connectivity index is 1.71. The first-order valence-corrected chi connectivity index (χ1v) is 7.96. The Morgan fingerprint density at radius 3 is 3.00 bits per heavy atom. The molecule has 4 nitrogen and oxygen atoms in total. The van der Waals surface area contributed by atoms with Gasteiger partial charge in [-0.2, -0.15) is 0 Å². The van der Waals surface area contributed by atoms with Crippen molar-refractivity contribution in [1.82, 2.24) is 9.97 Å².